The van der Waals surface area contributed by atoms with Crippen molar-refractivity contribution in [2.45, 2.75) is 45.6 Å². The van der Waals surface area contributed by atoms with Gasteiger partial charge >= 0.3 is 0 Å². The van der Waals surface area contributed by atoms with Gasteiger partial charge in [0.15, 0.2) is 0 Å². The van der Waals surface area contributed by atoms with Crippen LogP contribution in [0.3, 0.4) is 0 Å². The molecule has 2 rings (SSSR count). The number of likely N-dealkylation sites (tertiary alicyclic amines) is 1. The Labute approximate surface area is 124 Å². The second kappa shape index (κ2) is 6.59. The number of halogens is 1. The summed E-state index contributed by atoms with van der Waals surface area (Å²) in [6.07, 6.45) is 3.03. The fourth-order valence-electron chi connectivity index (χ4n) is 2.70. The average molecular weight is 300 g/mol. The smallest absolute Gasteiger partial charge is 0.229 e. The Balaban J connectivity index is 1.82. The van der Waals surface area contributed by atoms with E-state index in [1.807, 2.05) is 18.7 Å². The monoisotopic (exact) mass is 299 g/mol. The molecule has 1 unspecified atom stereocenters. The first kappa shape index (κ1) is 15.3. The molecular weight excluding hydrogens is 278 g/mol. The van der Waals surface area contributed by atoms with Gasteiger partial charge in [0, 0.05) is 31.1 Å². The average Bonchev–Trinajstić information content (AvgIpc) is 2.75. The Morgan fingerprint density at radius 1 is 1.55 bits per heavy atom. The van der Waals surface area contributed by atoms with Gasteiger partial charge in [0.1, 0.15) is 0 Å². The minimum atomic E-state index is 0.171. The number of aromatic nitrogens is 1. The van der Waals surface area contributed by atoms with Crippen LogP contribution in [0.25, 0.3) is 0 Å². The van der Waals surface area contributed by atoms with Crippen molar-refractivity contribution in [3.8, 4) is 0 Å². The molecule has 1 aromatic heterocycles. The second-order valence-corrected chi connectivity index (χ2v) is 5.94. The van der Waals surface area contributed by atoms with Crippen molar-refractivity contribution in [1.82, 2.24) is 10.1 Å². The summed E-state index contributed by atoms with van der Waals surface area (Å²) >= 11 is 5.90. The first-order valence-corrected chi connectivity index (χ1v) is 7.51. The number of amides is 1. The van der Waals surface area contributed by atoms with Crippen LogP contribution in [0.5, 0.6) is 0 Å². The number of hydrogen-bond acceptors (Lipinski definition) is 4. The fourth-order valence-corrected chi connectivity index (χ4v) is 2.97. The van der Waals surface area contributed by atoms with Gasteiger partial charge in [-0.3, -0.25) is 4.79 Å². The predicted octanol–water partition coefficient (Wildman–Crippen LogP) is 2.15. The van der Waals surface area contributed by atoms with E-state index in [9.17, 15) is 4.79 Å². The third-order valence-electron chi connectivity index (χ3n) is 4.16. The minimum absolute atomic E-state index is 0.171. The van der Waals surface area contributed by atoms with E-state index in [1.54, 1.807) is 0 Å². The van der Waals surface area contributed by atoms with E-state index >= 15 is 0 Å². The number of nitrogens with zero attached hydrogens (tertiary/aromatic N) is 2. The maximum Gasteiger partial charge on any atom is 0.229 e. The molecule has 0 bridgehead atoms. The van der Waals surface area contributed by atoms with Crippen molar-refractivity contribution in [2.75, 3.05) is 13.1 Å². The molecule has 1 aromatic rings. The molecule has 20 heavy (non-hydrogen) atoms. The van der Waals surface area contributed by atoms with Crippen LogP contribution in [-0.4, -0.2) is 35.1 Å². The van der Waals surface area contributed by atoms with Crippen LogP contribution in [0.4, 0.5) is 0 Å². The van der Waals surface area contributed by atoms with Crippen LogP contribution in [0, 0.1) is 12.8 Å². The molecule has 0 spiro atoms. The Morgan fingerprint density at radius 3 is 2.70 bits per heavy atom. The summed E-state index contributed by atoms with van der Waals surface area (Å²) in [5.41, 5.74) is 7.51. The van der Waals surface area contributed by atoms with Crippen LogP contribution >= 0.6 is 11.6 Å². The molecule has 1 aliphatic rings. The van der Waals surface area contributed by atoms with Gasteiger partial charge in [0.2, 0.25) is 11.1 Å². The lowest BCUT2D eigenvalue weighted by Gasteiger charge is -2.33. The van der Waals surface area contributed by atoms with Crippen LogP contribution in [0.1, 0.15) is 37.4 Å². The summed E-state index contributed by atoms with van der Waals surface area (Å²) in [5, 5.41) is 4.09. The molecule has 1 fully saturated rings. The van der Waals surface area contributed by atoms with Crippen molar-refractivity contribution >= 4 is 17.5 Å². The summed E-state index contributed by atoms with van der Waals surface area (Å²) < 4.78 is 4.89. The van der Waals surface area contributed by atoms with Gasteiger partial charge in [-0.25, -0.2) is 0 Å². The lowest BCUT2D eigenvalue weighted by atomic mass is 9.91. The molecule has 1 aliphatic heterocycles. The van der Waals surface area contributed by atoms with E-state index < -0.39 is 0 Å². The number of piperidine rings is 1. The van der Waals surface area contributed by atoms with Gasteiger partial charge in [-0.2, -0.15) is 0 Å². The van der Waals surface area contributed by atoms with Crippen LogP contribution in [-0.2, 0) is 11.2 Å². The topological polar surface area (TPSA) is 72.4 Å². The quantitative estimate of drug-likeness (QED) is 0.924. The molecule has 2 heterocycles. The second-order valence-electron chi connectivity index (χ2n) is 5.60. The number of carbonyl (C=O) groups is 1. The van der Waals surface area contributed by atoms with E-state index in [0.717, 1.165) is 37.2 Å². The zero-order valence-corrected chi connectivity index (χ0v) is 12.8. The molecule has 112 valence electrons. The van der Waals surface area contributed by atoms with E-state index in [0.29, 0.717) is 24.0 Å². The highest BCUT2D eigenvalue weighted by molar-refractivity contribution is 6.29. The molecule has 5 nitrogen and oxygen atoms in total. The molecule has 0 aromatic carbocycles. The van der Waals surface area contributed by atoms with Crippen molar-refractivity contribution < 1.29 is 9.32 Å². The van der Waals surface area contributed by atoms with Crippen molar-refractivity contribution in [3.63, 3.8) is 0 Å². The third kappa shape index (κ3) is 3.52. The zero-order valence-electron chi connectivity index (χ0n) is 12.1. The minimum Gasteiger partial charge on any atom is -0.344 e. The van der Waals surface area contributed by atoms with Gasteiger partial charge in [0.25, 0.3) is 0 Å². The number of carbonyl (C=O) groups excluding carboxylic acids is 1. The molecule has 0 saturated carbocycles. The molecule has 0 aliphatic carbocycles. The number of aryl methyl sites for hydroxylation is 1. The number of rotatable bonds is 4. The highest BCUT2D eigenvalue weighted by Crippen LogP contribution is 2.23. The van der Waals surface area contributed by atoms with Gasteiger partial charge in [-0.1, -0.05) is 5.16 Å². The van der Waals surface area contributed by atoms with E-state index in [2.05, 4.69) is 5.16 Å². The number of nitrogens with two attached hydrogens (primary N) is 1. The van der Waals surface area contributed by atoms with Crippen LogP contribution < -0.4 is 5.73 Å². The SMILES string of the molecule is Cc1noc(Cl)c1CCC(=O)N1CCC(C(C)N)CC1. The summed E-state index contributed by atoms with van der Waals surface area (Å²) in [6, 6.07) is 0.214. The molecule has 1 amide bonds. The molecule has 1 saturated heterocycles. The standard InChI is InChI=1S/C14H22ClN3O2/c1-9(16)11-5-7-18(8-6-11)13(19)4-3-12-10(2)17-20-14(12)15/h9,11H,3-8,16H2,1-2H3. The summed E-state index contributed by atoms with van der Waals surface area (Å²) in [5.74, 6) is 0.707. The van der Waals surface area contributed by atoms with Crippen molar-refractivity contribution in [3.05, 3.63) is 16.5 Å². The third-order valence-corrected chi connectivity index (χ3v) is 4.46. The Hall–Kier alpha value is -1.07. The fraction of sp³-hybridized carbons (Fsp3) is 0.714. The normalized spacial score (nSPS) is 18.3. The van der Waals surface area contributed by atoms with Crippen LogP contribution in [0.2, 0.25) is 5.22 Å². The van der Waals surface area contributed by atoms with E-state index in [1.165, 1.54) is 0 Å². The van der Waals surface area contributed by atoms with Crippen LogP contribution in [0.15, 0.2) is 4.52 Å². The molecule has 0 radical (unpaired) electrons. The summed E-state index contributed by atoms with van der Waals surface area (Å²) in [6.45, 7) is 5.49. The van der Waals surface area contributed by atoms with Crippen molar-refractivity contribution in [2.24, 2.45) is 11.7 Å². The maximum atomic E-state index is 12.2. The summed E-state index contributed by atoms with van der Waals surface area (Å²) in [7, 11) is 0. The van der Waals surface area contributed by atoms with Gasteiger partial charge in [-0.05, 0) is 50.6 Å². The molecule has 1 atom stereocenters. The highest BCUT2D eigenvalue weighted by atomic mass is 35.5. The van der Waals surface area contributed by atoms with Crippen molar-refractivity contribution in [1.29, 1.82) is 0 Å². The Bertz CT molecular complexity index is 445. The lowest BCUT2D eigenvalue weighted by molar-refractivity contribution is -0.132. The van der Waals surface area contributed by atoms with E-state index in [4.69, 9.17) is 21.9 Å². The number of hydrogen-bond donors (Lipinski definition) is 1. The molecule has 6 heteroatoms. The largest absolute Gasteiger partial charge is 0.344 e. The molecular formula is C14H22ClN3O2. The Morgan fingerprint density at radius 2 is 2.20 bits per heavy atom. The first-order chi connectivity index (χ1) is 9.49. The van der Waals surface area contributed by atoms with Gasteiger partial charge in [0.05, 0.1) is 5.69 Å². The maximum absolute atomic E-state index is 12.2. The Kier molecular flexibility index (Phi) is 5.05. The zero-order chi connectivity index (χ0) is 14.7. The first-order valence-electron chi connectivity index (χ1n) is 7.13. The molecule has 2 N–H and O–H groups in total. The van der Waals surface area contributed by atoms with Gasteiger partial charge < -0.3 is 15.2 Å². The lowest BCUT2D eigenvalue weighted by Crippen LogP contribution is -2.42. The van der Waals surface area contributed by atoms with E-state index in [-0.39, 0.29) is 11.9 Å². The van der Waals surface area contributed by atoms with Gasteiger partial charge in [-0.15, -0.1) is 0 Å². The predicted molar refractivity (Wildman–Crippen MR) is 77.5 cm³/mol. The highest BCUT2D eigenvalue weighted by Gasteiger charge is 2.25. The summed E-state index contributed by atoms with van der Waals surface area (Å²) in [4.78, 5) is 14.1.